The van der Waals surface area contributed by atoms with Crippen molar-refractivity contribution >= 4 is 11.8 Å². The Hall–Kier alpha value is -2.77. The Morgan fingerprint density at radius 1 is 1.10 bits per heavy atom. The molecule has 1 spiro atoms. The monoisotopic (exact) mass is 388 g/mol. The molecule has 2 aromatic carbocycles. The van der Waals surface area contributed by atoms with Gasteiger partial charge in [0, 0.05) is 24.2 Å². The highest BCUT2D eigenvalue weighted by molar-refractivity contribution is 5.72. The number of hydrogen-bond donors (Lipinski definition) is 0. The van der Waals surface area contributed by atoms with Crippen molar-refractivity contribution in [2.45, 2.75) is 31.4 Å². The van der Waals surface area contributed by atoms with Gasteiger partial charge in [-0.3, -0.25) is 0 Å². The number of anilines is 1. The summed E-state index contributed by atoms with van der Waals surface area (Å²) in [7, 11) is 6.70. The second-order valence-electron chi connectivity index (χ2n) is 9.66. The van der Waals surface area contributed by atoms with Crippen molar-refractivity contribution in [3.8, 4) is 11.8 Å². The van der Waals surface area contributed by atoms with E-state index in [-0.39, 0.29) is 5.41 Å². The Kier molecular flexibility index (Phi) is 4.47. The van der Waals surface area contributed by atoms with E-state index in [0.717, 1.165) is 35.3 Å². The van der Waals surface area contributed by atoms with Crippen LogP contribution < -0.4 is 9.64 Å². The van der Waals surface area contributed by atoms with Gasteiger partial charge in [0.05, 0.1) is 44.7 Å². The number of nitrogens with zero attached hydrogens (tertiary/aromatic N) is 3. The van der Waals surface area contributed by atoms with Crippen LogP contribution in [-0.4, -0.2) is 44.4 Å². The van der Waals surface area contributed by atoms with Crippen molar-refractivity contribution in [2.75, 3.05) is 39.1 Å². The molecule has 0 aliphatic carbocycles. The molecule has 0 radical (unpaired) electrons. The van der Waals surface area contributed by atoms with Crippen molar-refractivity contribution in [1.29, 1.82) is 5.26 Å². The normalized spacial score (nSPS) is 21.4. The van der Waals surface area contributed by atoms with E-state index in [2.05, 4.69) is 82.4 Å². The van der Waals surface area contributed by atoms with Gasteiger partial charge < -0.3 is 14.1 Å². The number of benzene rings is 2. The third kappa shape index (κ3) is 3.10. The van der Waals surface area contributed by atoms with Crippen LogP contribution >= 0.6 is 0 Å². The lowest BCUT2D eigenvalue weighted by molar-refractivity contribution is -0.870. The first-order valence-electron chi connectivity index (χ1n) is 10.3. The molecule has 2 aromatic rings. The topological polar surface area (TPSA) is 36.3 Å². The maximum absolute atomic E-state index is 9.23. The van der Waals surface area contributed by atoms with Crippen LogP contribution in [0.4, 0.5) is 5.69 Å². The van der Waals surface area contributed by atoms with Gasteiger partial charge >= 0.3 is 0 Å². The minimum atomic E-state index is -0.581. The molecular weight excluding hydrogens is 358 g/mol. The number of fused-ring (bicyclic) bond motifs is 2. The number of hydrogen-bond acceptors (Lipinski definition) is 3. The number of ether oxygens (including phenoxy) is 1. The van der Waals surface area contributed by atoms with E-state index in [1.165, 1.54) is 11.3 Å². The summed E-state index contributed by atoms with van der Waals surface area (Å²) in [5.41, 5.74) is 3.38. The zero-order valence-electron chi connectivity index (χ0n) is 18.1. The van der Waals surface area contributed by atoms with E-state index in [4.69, 9.17) is 4.74 Å². The van der Waals surface area contributed by atoms with Gasteiger partial charge in [0.2, 0.25) is 5.72 Å². The Morgan fingerprint density at radius 2 is 1.86 bits per heavy atom. The fourth-order valence-electron chi connectivity index (χ4n) is 4.66. The predicted molar refractivity (Wildman–Crippen MR) is 118 cm³/mol. The van der Waals surface area contributed by atoms with Crippen LogP contribution in [0.25, 0.3) is 6.08 Å². The molecule has 4 rings (SSSR count). The minimum absolute atomic E-state index is 0.220. The lowest BCUT2D eigenvalue weighted by atomic mass is 9.76. The second-order valence-corrected chi connectivity index (χ2v) is 9.66. The first kappa shape index (κ1) is 19.5. The highest BCUT2D eigenvalue weighted by Crippen LogP contribution is 2.54. The summed E-state index contributed by atoms with van der Waals surface area (Å²) < 4.78 is 7.74. The first-order valence-corrected chi connectivity index (χ1v) is 10.3. The van der Waals surface area contributed by atoms with Crippen LogP contribution in [0, 0.1) is 11.3 Å². The van der Waals surface area contributed by atoms with Crippen LogP contribution in [0.5, 0.6) is 5.75 Å². The number of quaternary nitrogens is 1. The Bertz CT molecular complexity index is 1010. The van der Waals surface area contributed by atoms with Gasteiger partial charge in [-0.2, -0.15) is 5.26 Å². The number of nitriles is 1. The highest BCUT2D eigenvalue weighted by Gasteiger charge is 2.58. The maximum atomic E-state index is 9.23. The van der Waals surface area contributed by atoms with E-state index in [0.29, 0.717) is 5.56 Å². The summed E-state index contributed by atoms with van der Waals surface area (Å²) in [6.07, 6.45) is 5.40. The molecule has 4 nitrogen and oxygen atoms in total. The summed E-state index contributed by atoms with van der Waals surface area (Å²) in [4.78, 5) is 2.44. The largest absolute Gasteiger partial charge is 0.463 e. The molecule has 0 N–H and O–H groups in total. The molecule has 0 saturated heterocycles. The molecular formula is C25H30N3O+. The fraction of sp³-hybridized carbons (Fsp3) is 0.400. The lowest BCUT2D eigenvalue weighted by Gasteiger charge is -2.47. The molecule has 4 heteroatoms. The smallest absolute Gasteiger partial charge is 0.212 e. The summed E-state index contributed by atoms with van der Waals surface area (Å²) in [5.74, 6) is 0.837. The zero-order chi connectivity index (χ0) is 20.9. The van der Waals surface area contributed by atoms with E-state index in [1.807, 2.05) is 18.2 Å². The van der Waals surface area contributed by atoms with Crippen molar-refractivity contribution in [2.24, 2.45) is 0 Å². The van der Waals surface area contributed by atoms with Crippen molar-refractivity contribution < 1.29 is 9.22 Å². The molecule has 2 aliphatic heterocycles. The third-order valence-electron chi connectivity index (χ3n) is 6.27. The third-order valence-corrected chi connectivity index (χ3v) is 6.27. The Morgan fingerprint density at radius 3 is 2.59 bits per heavy atom. The van der Waals surface area contributed by atoms with Crippen molar-refractivity contribution in [3.63, 3.8) is 0 Å². The van der Waals surface area contributed by atoms with E-state index in [9.17, 15) is 5.26 Å². The summed E-state index contributed by atoms with van der Waals surface area (Å²) in [6, 6.07) is 16.5. The van der Waals surface area contributed by atoms with Crippen LogP contribution in [-0.2, 0) is 5.41 Å². The molecule has 150 valence electrons. The number of para-hydroxylation sites is 1. The molecule has 0 amide bonds. The summed E-state index contributed by atoms with van der Waals surface area (Å²) >= 11 is 0. The average Bonchev–Trinajstić information content (AvgIpc) is 2.85. The predicted octanol–water partition coefficient (Wildman–Crippen LogP) is 4.55. The quantitative estimate of drug-likeness (QED) is 0.721. The van der Waals surface area contributed by atoms with Crippen molar-refractivity contribution in [1.82, 2.24) is 0 Å². The average molecular weight is 389 g/mol. The first-order chi connectivity index (χ1) is 13.7. The lowest BCUT2D eigenvalue weighted by Crippen LogP contribution is -2.60. The summed E-state index contributed by atoms with van der Waals surface area (Å²) in [5, 5.41) is 9.23. The molecule has 2 heterocycles. The molecule has 29 heavy (non-hydrogen) atoms. The highest BCUT2D eigenvalue weighted by atomic mass is 16.5. The van der Waals surface area contributed by atoms with Crippen LogP contribution in [0.1, 0.15) is 37.0 Å². The fourth-order valence-corrected chi connectivity index (χ4v) is 4.66. The maximum Gasteiger partial charge on any atom is 0.212 e. The van der Waals surface area contributed by atoms with Crippen LogP contribution in [0.3, 0.4) is 0 Å². The van der Waals surface area contributed by atoms with Gasteiger partial charge in [-0.15, -0.1) is 0 Å². The van der Waals surface area contributed by atoms with Gasteiger partial charge in [0.15, 0.2) is 0 Å². The molecule has 0 aromatic heterocycles. The van der Waals surface area contributed by atoms with E-state index in [1.54, 1.807) is 0 Å². The molecule has 0 bridgehead atoms. The Balaban J connectivity index is 1.77. The number of rotatable bonds is 4. The second kappa shape index (κ2) is 6.64. The zero-order valence-corrected chi connectivity index (χ0v) is 18.1. The van der Waals surface area contributed by atoms with Crippen LogP contribution in [0.2, 0.25) is 0 Å². The van der Waals surface area contributed by atoms with E-state index < -0.39 is 5.72 Å². The van der Waals surface area contributed by atoms with Gasteiger partial charge in [-0.25, -0.2) is 0 Å². The molecule has 2 aliphatic rings. The molecule has 0 fully saturated rings. The SMILES string of the molecule is CC1(C)c2ccccc2N(CCC[N+](C)(C)C)C12C=Cc1cc(C#N)ccc1O2. The van der Waals surface area contributed by atoms with Crippen molar-refractivity contribution in [3.05, 3.63) is 65.2 Å². The summed E-state index contributed by atoms with van der Waals surface area (Å²) in [6.45, 7) is 6.56. The van der Waals surface area contributed by atoms with E-state index >= 15 is 0 Å². The van der Waals surface area contributed by atoms with Gasteiger partial charge in [0.1, 0.15) is 5.75 Å². The van der Waals surface area contributed by atoms with Gasteiger partial charge in [-0.05, 0) is 55.8 Å². The minimum Gasteiger partial charge on any atom is -0.463 e. The molecule has 1 unspecified atom stereocenters. The van der Waals surface area contributed by atoms with Gasteiger partial charge in [0.25, 0.3) is 0 Å². The van der Waals surface area contributed by atoms with Gasteiger partial charge in [-0.1, -0.05) is 18.2 Å². The van der Waals surface area contributed by atoms with Crippen LogP contribution in [0.15, 0.2) is 48.5 Å². The standard InChI is InChI=1S/C25H30N3O/c1-24(2)21-9-6-7-10-22(21)27(15-8-16-28(3,4)5)25(24)14-13-20-17-19(18-26)11-12-23(20)29-25/h6-7,9-14,17H,8,15-16H2,1-5H3/q+1. The molecule has 1 atom stereocenters. The molecule has 0 saturated carbocycles. The Labute approximate surface area is 174 Å².